The van der Waals surface area contributed by atoms with E-state index in [2.05, 4.69) is 25.4 Å². The molecule has 6 rings (SSSR count). The van der Waals surface area contributed by atoms with Crippen molar-refractivity contribution < 1.29 is 14.2 Å². The van der Waals surface area contributed by atoms with Gasteiger partial charge < -0.3 is 19.2 Å². The number of hydrogen-bond donors (Lipinski definition) is 1. The molecule has 0 spiro atoms. The first-order valence-electron chi connectivity index (χ1n) is 12.3. The van der Waals surface area contributed by atoms with Gasteiger partial charge in [-0.25, -0.2) is 4.68 Å². The van der Waals surface area contributed by atoms with E-state index in [1.165, 1.54) is 6.42 Å². The van der Waals surface area contributed by atoms with Gasteiger partial charge in [0.05, 0.1) is 19.2 Å². The number of rotatable bonds is 6. The number of tetrazole rings is 1. The molecule has 10 heteroatoms. The first-order valence-corrected chi connectivity index (χ1v) is 12.3. The molecule has 2 aliphatic rings. The van der Waals surface area contributed by atoms with Gasteiger partial charge in [0, 0.05) is 17.0 Å². The van der Waals surface area contributed by atoms with Crippen LogP contribution in [0.5, 0.6) is 17.2 Å². The molecule has 0 bridgehead atoms. The first-order chi connectivity index (χ1) is 17.7. The molecule has 0 saturated carbocycles. The number of pyridine rings is 1. The van der Waals surface area contributed by atoms with Crippen LogP contribution in [0.2, 0.25) is 0 Å². The molecular weight excluding hydrogens is 460 g/mol. The van der Waals surface area contributed by atoms with E-state index in [0.717, 1.165) is 42.6 Å². The van der Waals surface area contributed by atoms with Gasteiger partial charge in [0.2, 0.25) is 0 Å². The Hall–Kier alpha value is -3.92. The van der Waals surface area contributed by atoms with E-state index < -0.39 is 0 Å². The minimum atomic E-state index is -0.375. The smallest absolute Gasteiger partial charge is 0.253 e. The third-order valence-corrected chi connectivity index (χ3v) is 6.88. The number of hydrogen-bond acceptors (Lipinski definition) is 8. The summed E-state index contributed by atoms with van der Waals surface area (Å²) in [6, 6.07) is 13.2. The zero-order chi connectivity index (χ0) is 24.5. The van der Waals surface area contributed by atoms with Crippen LogP contribution in [0, 0.1) is 0 Å². The van der Waals surface area contributed by atoms with Crippen molar-refractivity contribution in [3.05, 3.63) is 69.8 Å². The van der Waals surface area contributed by atoms with E-state index >= 15 is 0 Å². The monoisotopic (exact) mass is 488 g/mol. The molecule has 1 fully saturated rings. The number of benzene rings is 2. The highest BCUT2D eigenvalue weighted by molar-refractivity contribution is 5.83. The van der Waals surface area contributed by atoms with E-state index in [9.17, 15) is 4.79 Å². The topological polar surface area (TPSA) is 107 Å². The van der Waals surface area contributed by atoms with Crippen molar-refractivity contribution in [1.29, 1.82) is 0 Å². The Morgan fingerprint density at radius 1 is 1.03 bits per heavy atom. The molecular formula is C26H28N6O4. The molecule has 4 heterocycles. The number of fused-ring (bicyclic) bond motifs is 2. The van der Waals surface area contributed by atoms with Crippen LogP contribution in [-0.2, 0) is 6.54 Å². The van der Waals surface area contributed by atoms with E-state index in [-0.39, 0.29) is 11.6 Å². The zero-order valence-electron chi connectivity index (χ0n) is 20.1. The summed E-state index contributed by atoms with van der Waals surface area (Å²) in [6.45, 7) is 3.23. The maximum absolute atomic E-state index is 13.5. The average molecular weight is 489 g/mol. The molecule has 4 aromatic rings. The van der Waals surface area contributed by atoms with Crippen molar-refractivity contribution in [1.82, 2.24) is 30.1 Å². The molecule has 2 aliphatic heterocycles. The van der Waals surface area contributed by atoms with Crippen molar-refractivity contribution in [3.63, 3.8) is 0 Å². The van der Waals surface area contributed by atoms with E-state index in [1.54, 1.807) is 11.8 Å². The average Bonchev–Trinajstić information content (AvgIpc) is 3.36. The predicted octanol–water partition coefficient (Wildman–Crippen LogP) is 2.92. The molecule has 36 heavy (non-hydrogen) atoms. The number of H-pyrrole nitrogens is 1. The second kappa shape index (κ2) is 9.62. The third kappa shape index (κ3) is 4.28. The molecule has 2 aromatic carbocycles. The van der Waals surface area contributed by atoms with Gasteiger partial charge in [0.25, 0.3) is 5.56 Å². The fourth-order valence-electron chi connectivity index (χ4n) is 5.06. The van der Waals surface area contributed by atoms with Gasteiger partial charge in [-0.05, 0) is 66.2 Å². The largest absolute Gasteiger partial charge is 0.497 e. The lowest BCUT2D eigenvalue weighted by molar-refractivity contribution is 0.172. The molecule has 0 unspecified atom stereocenters. The molecule has 186 valence electrons. The highest BCUT2D eigenvalue weighted by atomic mass is 16.6. The molecule has 1 saturated heterocycles. The molecule has 1 N–H and O–H groups in total. The standard InChI is InChI=1S/C26H28N6O4/c1-34-19-7-5-17(6-8-19)16-32-25(28-29-30-32)24(31-9-3-2-4-10-31)20-13-18-14-22-23(36-12-11-35-22)15-21(18)27-26(20)33/h5-8,13-15,24H,2-4,9-12,16H2,1H3,(H,27,33)/t24-/m1/s1. The van der Waals surface area contributed by atoms with Crippen LogP contribution in [0.4, 0.5) is 0 Å². The molecule has 0 amide bonds. The number of methoxy groups -OCH3 is 1. The number of nitrogens with one attached hydrogen (secondary N) is 1. The fraction of sp³-hybridized carbons (Fsp3) is 0.385. The molecule has 0 radical (unpaired) electrons. The third-order valence-electron chi connectivity index (χ3n) is 6.88. The van der Waals surface area contributed by atoms with Gasteiger partial charge in [-0.2, -0.15) is 0 Å². The van der Waals surface area contributed by atoms with Crippen molar-refractivity contribution in [3.8, 4) is 17.2 Å². The Bertz CT molecular complexity index is 1420. The first kappa shape index (κ1) is 22.5. The minimum absolute atomic E-state index is 0.159. The summed E-state index contributed by atoms with van der Waals surface area (Å²) in [5.41, 5.74) is 2.21. The number of aromatic nitrogens is 5. The summed E-state index contributed by atoms with van der Waals surface area (Å²) in [4.78, 5) is 18.9. The summed E-state index contributed by atoms with van der Waals surface area (Å²) in [7, 11) is 1.65. The number of ether oxygens (including phenoxy) is 3. The van der Waals surface area contributed by atoms with Gasteiger partial charge in [0.1, 0.15) is 25.0 Å². The van der Waals surface area contributed by atoms with Gasteiger partial charge in [-0.15, -0.1) is 5.10 Å². The normalized spacial score (nSPS) is 16.7. The molecule has 1 atom stereocenters. The maximum atomic E-state index is 13.5. The van der Waals surface area contributed by atoms with Crippen LogP contribution >= 0.6 is 0 Å². The van der Waals surface area contributed by atoms with E-state index in [1.807, 2.05) is 42.5 Å². The Morgan fingerprint density at radius 2 is 1.78 bits per heavy atom. The lowest BCUT2D eigenvalue weighted by atomic mass is 10.00. The highest BCUT2D eigenvalue weighted by Crippen LogP contribution is 2.35. The van der Waals surface area contributed by atoms with E-state index in [0.29, 0.717) is 48.2 Å². The van der Waals surface area contributed by atoms with Gasteiger partial charge >= 0.3 is 0 Å². The number of nitrogens with zero attached hydrogens (tertiary/aromatic N) is 5. The van der Waals surface area contributed by atoms with Gasteiger partial charge in [-0.3, -0.25) is 9.69 Å². The number of likely N-dealkylation sites (tertiary alicyclic amines) is 1. The molecule has 0 aliphatic carbocycles. The van der Waals surface area contributed by atoms with Crippen LogP contribution in [0.3, 0.4) is 0 Å². The quantitative estimate of drug-likeness (QED) is 0.442. The molecule has 2 aromatic heterocycles. The number of aromatic amines is 1. The summed E-state index contributed by atoms with van der Waals surface area (Å²) in [5, 5.41) is 13.6. The Kier molecular flexibility index (Phi) is 6.02. The van der Waals surface area contributed by atoms with Crippen LogP contribution in [0.1, 0.15) is 42.3 Å². The SMILES string of the molecule is COc1ccc(Cn2nnnc2[C@@H](c2cc3cc4c(cc3[nH]c2=O)OCCO4)N2CCCCC2)cc1. The van der Waals surface area contributed by atoms with Gasteiger partial charge in [0.15, 0.2) is 17.3 Å². The zero-order valence-corrected chi connectivity index (χ0v) is 20.1. The summed E-state index contributed by atoms with van der Waals surface area (Å²) in [5.74, 6) is 2.77. The summed E-state index contributed by atoms with van der Waals surface area (Å²) >= 11 is 0. The predicted molar refractivity (Wildman–Crippen MR) is 133 cm³/mol. The number of piperidine rings is 1. The lowest BCUT2D eigenvalue weighted by Gasteiger charge is -2.33. The second-order valence-electron chi connectivity index (χ2n) is 9.18. The lowest BCUT2D eigenvalue weighted by Crippen LogP contribution is -2.38. The van der Waals surface area contributed by atoms with Crippen molar-refractivity contribution in [2.45, 2.75) is 31.8 Å². The highest BCUT2D eigenvalue weighted by Gasteiger charge is 2.31. The maximum Gasteiger partial charge on any atom is 0.253 e. The second-order valence-corrected chi connectivity index (χ2v) is 9.18. The van der Waals surface area contributed by atoms with Crippen molar-refractivity contribution >= 4 is 10.9 Å². The Morgan fingerprint density at radius 3 is 2.53 bits per heavy atom. The van der Waals surface area contributed by atoms with Crippen LogP contribution in [-0.4, -0.2) is 63.5 Å². The Balaban J connectivity index is 1.43. The van der Waals surface area contributed by atoms with Crippen LogP contribution < -0.4 is 19.8 Å². The fourth-order valence-corrected chi connectivity index (χ4v) is 5.06. The Labute approximate surface area is 207 Å². The van der Waals surface area contributed by atoms with Crippen LogP contribution in [0.25, 0.3) is 10.9 Å². The van der Waals surface area contributed by atoms with Gasteiger partial charge in [-0.1, -0.05) is 18.6 Å². The summed E-state index contributed by atoms with van der Waals surface area (Å²) in [6.07, 6.45) is 3.32. The van der Waals surface area contributed by atoms with Crippen molar-refractivity contribution in [2.24, 2.45) is 0 Å². The van der Waals surface area contributed by atoms with E-state index in [4.69, 9.17) is 14.2 Å². The minimum Gasteiger partial charge on any atom is -0.497 e. The van der Waals surface area contributed by atoms with Crippen LogP contribution in [0.15, 0.2) is 47.3 Å². The van der Waals surface area contributed by atoms with Crippen molar-refractivity contribution in [2.75, 3.05) is 33.4 Å². The molecule has 10 nitrogen and oxygen atoms in total. The summed E-state index contributed by atoms with van der Waals surface area (Å²) < 4.78 is 18.5.